The molecule has 0 aliphatic rings. The summed E-state index contributed by atoms with van der Waals surface area (Å²) in [5.74, 6) is 0.849. The van der Waals surface area contributed by atoms with Crippen LogP contribution in [0.25, 0.3) is 32.9 Å². The molecule has 0 unspecified atom stereocenters. The molecule has 4 aromatic rings. The molecular weight excluding hydrogens is 286 g/mol. The topological polar surface area (TPSA) is 39.9 Å². The number of fused-ring (bicyclic) bond motifs is 3. The van der Waals surface area contributed by atoms with Gasteiger partial charge in [0, 0.05) is 53.6 Å². The van der Waals surface area contributed by atoms with E-state index in [-0.39, 0.29) is 0 Å². The highest BCUT2D eigenvalue weighted by Gasteiger charge is 2.15. The molecule has 23 heavy (non-hydrogen) atoms. The minimum absolute atomic E-state index is 0.849. The van der Waals surface area contributed by atoms with Crippen molar-refractivity contribution in [2.45, 2.75) is 6.92 Å². The number of methoxy groups -OCH3 is 1. The second-order valence-electron chi connectivity index (χ2n) is 5.66. The van der Waals surface area contributed by atoms with Crippen LogP contribution >= 0.6 is 0 Å². The minimum Gasteiger partial charge on any atom is -0.496 e. The maximum absolute atomic E-state index is 5.63. The predicted octanol–water partition coefficient (Wildman–Crippen LogP) is 4.11. The summed E-state index contributed by atoms with van der Waals surface area (Å²) in [5, 5.41) is 2.41. The molecule has 3 aromatic heterocycles. The van der Waals surface area contributed by atoms with Crippen molar-refractivity contribution >= 4 is 21.8 Å². The third kappa shape index (κ3) is 1.99. The van der Waals surface area contributed by atoms with Crippen molar-refractivity contribution in [2.75, 3.05) is 7.11 Å². The van der Waals surface area contributed by atoms with Crippen molar-refractivity contribution in [3.8, 4) is 16.9 Å². The van der Waals surface area contributed by atoms with Crippen LogP contribution in [0.3, 0.4) is 0 Å². The Morgan fingerprint density at radius 1 is 1.09 bits per heavy atom. The number of hydrogen-bond donors (Lipinski definition) is 0. The summed E-state index contributed by atoms with van der Waals surface area (Å²) in [6.07, 6.45) is 5.51. The Morgan fingerprint density at radius 2 is 1.96 bits per heavy atom. The average Bonchev–Trinajstić information content (AvgIpc) is 2.88. The number of nitrogens with zero attached hydrogens (tertiary/aromatic N) is 3. The first-order valence-electron chi connectivity index (χ1n) is 7.53. The van der Waals surface area contributed by atoms with Crippen LogP contribution in [0.1, 0.15) is 5.69 Å². The molecule has 0 fully saturated rings. The fourth-order valence-electron chi connectivity index (χ4n) is 3.30. The van der Waals surface area contributed by atoms with E-state index in [1.807, 2.05) is 25.4 Å². The Hall–Kier alpha value is -2.88. The zero-order chi connectivity index (χ0) is 16.0. The van der Waals surface area contributed by atoms with Crippen LogP contribution < -0.4 is 4.74 Å². The zero-order valence-corrected chi connectivity index (χ0v) is 13.4. The summed E-state index contributed by atoms with van der Waals surface area (Å²) >= 11 is 0. The van der Waals surface area contributed by atoms with Gasteiger partial charge in [0.15, 0.2) is 0 Å². The van der Waals surface area contributed by atoms with Crippen LogP contribution in [0, 0.1) is 6.92 Å². The third-order valence-electron chi connectivity index (χ3n) is 4.38. The van der Waals surface area contributed by atoms with Gasteiger partial charge in [-0.25, -0.2) is 0 Å². The molecule has 0 radical (unpaired) electrons. The van der Waals surface area contributed by atoms with Gasteiger partial charge in [0.2, 0.25) is 0 Å². The van der Waals surface area contributed by atoms with Crippen LogP contribution in [-0.2, 0) is 7.05 Å². The molecule has 0 amide bonds. The monoisotopic (exact) mass is 303 g/mol. The van der Waals surface area contributed by atoms with Crippen LogP contribution in [0.5, 0.6) is 5.75 Å². The van der Waals surface area contributed by atoms with Gasteiger partial charge in [-0.15, -0.1) is 0 Å². The summed E-state index contributed by atoms with van der Waals surface area (Å²) in [6, 6.07) is 10.3. The molecule has 114 valence electrons. The highest BCUT2D eigenvalue weighted by atomic mass is 16.5. The molecule has 0 N–H and O–H groups in total. The normalized spacial score (nSPS) is 11.3. The molecule has 0 bridgehead atoms. The molecule has 0 aliphatic carbocycles. The maximum atomic E-state index is 5.63. The summed E-state index contributed by atoms with van der Waals surface area (Å²) < 4.78 is 7.82. The Kier molecular flexibility index (Phi) is 3.05. The lowest BCUT2D eigenvalue weighted by molar-refractivity contribution is 0.417. The van der Waals surface area contributed by atoms with Crippen LogP contribution in [0.4, 0.5) is 0 Å². The SMILES string of the molecule is COc1cc2c(cc1-c1cccnc1)c1ccnc(C)c1n2C. The van der Waals surface area contributed by atoms with Gasteiger partial charge in [-0.1, -0.05) is 6.07 Å². The van der Waals surface area contributed by atoms with E-state index in [1.165, 1.54) is 10.8 Å². The number of rotatable bonds is 2. The first-order chi connectivity index (χ1) is 11.2. The molecule has 4 rings (SSSR count). The first-order valence-corrected chi connectivity index (χ1v) is 7.53. The second kappa shape index (κ2) is 5.09. The van der Waals surface area contributed by atoms with Crippen molar-refractivity contribution in [3.05, 3.63) is 54.6 Å². The summed E-state index contributed by atoms with van der Waals surface area (Å²) in [4.78, 5) is 8.65. The number of aromatic nitrogens is 3. The molecule has 3 heterocycles. The average molecular weight is 303 g/mol. The van der Waals surface area contributed by atoms with E-state index in [2.05, 4.69) is 45.8 Å². The summed E-state index contributed by atoms with van der Waals surface area (Å²) in [6.45, 7) is 2.04. The van der Waals surface area contributed by atoms with E-state index < -0.39 is 0 Å². The number of benzene rings is 1. The summed E-state index contributed by atoms with van der Waals surface area (Å²) in [5.41, 5.74) is 5.43. The van der Waals surface area contributed by atoms with Crippen LogP contribution in [0.2, 0.25) is 0 Å². The van der Waals surface area contributed by atoms with Crippen LogP contribution in [-0.4, -0.2) is 21.6 Å². The zero-order valence-electron chi connectivity index (χ0n) is 13.4. The Morgan fingerprint density at radius 3 is 2.70 bits per heavy atom. The van der Waals surface area contributed by atoms with Crippen molar-refractivity contribution in [2.24, 2.45) is 7.05 Å². The molecule has 1 aromatic carbocycles. The maximum Gasteiger partial charge on any atom is 0.128 e. The number of pyridine rings is 2. The largest absolute Gasteiger partial charge is 0.496 e. The van der Waals surface area contributed by atoms with E-state index in [0.717, 1.165) is 33.6 Å². The molecule has 4 nitrogen and oxygen atoms in total. The standard InChI is InChI=1S/C19H17N3O/c1-12-19-14(6-8-21-12)16-9-15(13-5-4-7-20-11-13)18(23-3)10-17(16)22(19)2/h4-11H,1-3H3. The van der Waals surface area contributed by atoms with E-state index >= 15 is 0 Å². The van der Waals surface area contributed by atoms with E-state index in [4.69, 9.17) is 4.74 Å². The lowest BCUT2D eigenvalue weighted by Crippen LogP contribution is -1.92. The fraction of sp³-hybridized carbons (Fsp3) is 0.158. The molecule has 0 aliphatic heterocycles. The molecule has 0 spiro atoms. The quantitative estimate of drug-likeness (QED) is 0.559. The molecular formula is C19H17N3O. The number of aryl methyl sites for hydroxylation is 2. The number of hydrogen-bond acceptors (Lipinski definition) is 3. The highest BCUT2D eigenvalue weighted by molar-refractivity contribution is 6.10. The van der Waals surface area contributed by atoms with Crippen molar-refractivity contribution in [1.82, 2.24) is 14.5 Å². The predicted molar refractivity (Wildman–Crippen MR) is 92.7 cm³/mol. The lowest BCUT2D eigenvalue weighted by atomic mass is 10.0. The van der Waals surface area contributed by atoms with Gasteiger partial charge in [0.05, 0.1) is 23.8 Å². The summed E-state index contributed by atoms with van der Waals surface area (Å²) in [7, 11) is 3.78. The third-order valence-corrected chi connectivity index (χ3v) is 4.38. The number of ether oxygens (including phenoxy) is 1. The lowest BCUT2D eigenvalue weighted by Gasteiger charge is -2.09. The fourth-order valence-corrected chi connectivity index (χ4v) is 3.30. The Balaban J connectivity index is 2.14. The van der Waals surface area contributed by atoms with Crippen LogP contribution in [0.15, 0.2) is 48.9 Å². The smallest absolute Gasteiger partial charge is 0.128 e. The Labute approximate surface area is 134 Å². The first kappa shape index (κ1) is 13.8. The van der Waals surface area contributed by atoms with E-state index in [9.17, 15) is 0 Å². The molecule has 4 heteroatoms. The molecule has 0 atom stereocenters. The van der Waals surface area contributed by atoms with Gasteiger partial charge >= 0.3 is 0 Å². The van der Waals surface area contributed by atoms with Gasteiger partial charge in [-0.2, -0.15) is 0 Å². The van der Waals surface area contributed by atoms with E-state index in [1.54, 1.807) is 13.3 Å². The Bertz CT molecular complexity index is 1020. The highest BCUT2D eigenvalue weighted by Crippen LogP contribution is 2.38. The van der Waals surface area contributed by atoms with Crippen molar-refractivity contribution < 1.29 is 4.74 Å². The van der Waals surface area contributed by atoms with Gasteiger partial charge in [-0.3, -0.25) is 9.97 Å². The molecule has 0 saturated carbocycles. The van der Waals surface area contributed by atoms with Gasteiger partial charge < -0.3 is 9.30 Å². The van der Waals surface area contributed by atoms with Crippen molar-refractivity contribution in [1.29, 1.82) is 0 Å². The van der Waals surface area contributed by atoms with E-state index in [0.29, 0.717) is 0 Å². The van der Waals surface area contributed by atoms with Gasteiger partial charge in [-0.05, 0) is 25.1 Å². The second-order valence-corrected chi connectivity index (χ2v) is 5.66. The van der Waals surface area contributed by atoms with Crippen molar-refractivity contribution in [3.63, 3.8) is 0 Å². The minimum atomic E-state index is 0.849. The molecule has 0 saturated heterocycles. The van der Waals surface area contributed by atoms with Gasteiger partial charge in [0.25, 0.3) is 0 Å². The van der Waals surface area contributed by atoms with Gasteiger partial charge in [0.1, 0.15) is 5.75 Å².